The summed E-state index contributed by atoms with van der Waals surface area (Å²) in [5.74, 6) is -0.353. The quantitative estimate of drug-likeness (QED) is 0.477. The highest BCUT2D eigenvalue weighted by Crippen LogP contribution is 2.26. The van der Waals surface area contributed by atoms with Crippen LogP contribution in [0.3, 0.4) is 0 Å². The summed E-state index contributed by atoms with van der Waals surface area (Å²) in [6.07, 6.45) is 0. The third-order valence-corrected chi connectivity index (χ3v) is 6.69. The van der Waals surface area contributed by atoms with E-state index < -0.39 is 15.9 Å². The fourth-order valence-corrected chi connectivity index (χ4v) is 4.73. The highest BCUT2D eigenvalue weighted by atomic mass is 32.2. The lowest BCUT2D eigenvalue weighted by atomic mass is 10.1. The molecule has 6 nitrogen and oxygen atoms in total. The second-order valence-corrected chi connectivity index (χ2v) is 9.69. The molecule has 0 saturated heterocycles. The lowest BCUT2D eigenvalue weighted by molar-refractivity contribution is -0.119. The van der Waals surface area contributed by atoms with Gasteiger partial charge in [0.25, 0.3) is 10.0 Å². The van der Waals surface area contributed by atoms with E-state index in [0.717, 1.165) is 21.0 Å². The maximum Gasteiger partial charge on any atom is 0.264 e. The van der Waals surface area contributed by atoms with Crippen LogP contribution in [-0.2, 0) is 14.8 Å². The zero-order chi connectivity index (χ0) is 24.0. The summed E-state index contributed by atoms with van der Waals surface area (Å²) < 4.78 is 46.4. The largest absolute Gasteiger partial charge is 0.492 e. The van der Waals surface area contributed by atoms with E-state index in [2.05, 4.69) is 5.32 Å². The van der Waals surface area contributed by atoms with Crippen molar-refractivity contribution in [3.8, 4) is 5.75 Å². The van der Waals surface area contributed by atoms with Crippen LogP contribution in [0.25, 0.3) is 0 Å². The molecule has 8 heteroatoms. The van der Waals surface area contributed by atoms with Crippen molar-refractivity contribution in [2.45, 2.75) is 25.7 Å². The zero-order valence-corrected chi connectivity index (χ0v) is 19.7. The van der Waals surface area contributed by atoms with Gasteiger partial charge in [-0.3, -0.25) is 9.10 Å². The summed E-state index contributed by atoms with van der Waals surface area (Å²) in [5.41, 5.74) is 3.14. The minimum Gasteiger partial charge on any atom is -0.492 e. The molecule has 1 N–H and O–H groups in total. The highest BCUT2D eigenvalue weighted by Gasteiger charge is 2.27. The van der Waals surface area contributed by atoms with Gasteiger partial charge < -0.3 is 10.1 Å². The molecule has 3 rings (SSSR count). The smallest absolute Gasteiger partial charge is 0.264 e. The standard InChI is InChI=1S/C25H27FN2O4S/c1-18-4-10-24(11-5-18)33(30,31)28(22-15-19(2)14-20(3)16-22)17-25(29)27-12-13-32-23-8-6-21(26)7-9-23/h4-11,14-16H,12-13,17H2,1-3H3,(H,27,29). The summed E-state index contributed by atoms with van der Waals surface area (Å²) in [6, 6.07) is 17.5. The first kappa shape index (κ1) is 24.3. The number of carbonyl (C=O) groups excluding carboxylic acids is 1. The van der Waals surface area contributed by atoms with E-state index in [1.165, 1.54) is 36.4 Å². The maximum atomic E-state index is 13.4. The number of aryl methyl sites for hydroxylation is 3. The van der Waals surface area contributed by atoms with E-state index >= 15 is 0 Å². The number of anilines is 1. The summed E-state index contributed by atoms with van der Waals surface area (Å²) in [6.45, 7) is 5.57. The summed E-state index contributed by atoms with van der Waals surface area (Å²) in [7, 11) is -3.97. The molecule has 0 atom stereocenters. The molecular formula is C25H27FN2O4S. The number of rotatable bonds is 9. The molecule has 0 heterocycles. The molecule has 174 valence electrons. The van der Waals surface area contributed by atoms with Crippen molar-refractivity contribution in [2.75, 3.05) is 24.0 Å². The minimum atomic E-state index is -3.97. The predicted octanol–water partition coefficient (Wildman–Crippen LogP) is 4.14. The van der Waals surface area contributed by atoms with Gasteiger partial charge in [-0.05, 0) is 80.4 Å². The number of halogens is 1. The number of hydrogen-bond donors (Lipinski definition) is 1. The average Bonchev–Trinajstić information content (AvgIpc) is 2.76. The molecule has 0 fully saturated rings. The fraction of sp³-hybridized carbons (Fsp3) is 0.240. The molecule has 0 radical (unpaired) electrons. The van der Waals surface area contributed by atoms with E-state index in [9.17, 15) is 17.6 Å². The van der Waals surface area contributed by atoms with Gasteiger partial charge in [0.1, 0.15) is 24.7 Å². The Kier molecular flexibility index (Phi) is 7.71. The van der Waals surface area contributed by atoms with Gasteiger partial charge in [0, 0.05) is 0 Å². The van der Waals surface area contributed by atoms with Crippen LogP contribution >= 0.6 is 0 Å². The Morgan fingerprint density at radius 3 is 2.12 bits per heavy atom. The Morgan fingerprint density at radius 2 is 1.52 bits per heavy atom. The predicted molar refractivity (Wildman–Crippen MR) is 127 cm³/mol. The SMILES string of the molecule is Cc1ccc(S(=O)(=O)N(CC(=O)NCCOc2ccc(F)cc2)c2cc(C)cc(C)c2)cc1. The Bertz CT molecular complexity index is 1190. The highest BCUT2D eigenvalue weighted by molar-refractivity contribution is 7.92. The summed E-state index contributed by atoms with van der Waals surface area (Å²) in [4.78, 5) is 12.8. The van der Waals surface area contributed by atoms with Crippen molar-refractivity contribution in [2.24, 2.45) is 0 Å². The molecule has 33 heavy (non-hydrogen) atoms. The number of nitrogens with one attached hydrogen (secondary N) is 1. The number of hydrogen-bond acceptors (Lipinski definition) is 4. The van der Waals surface area contributed by atoms with Crippen LogP contribution in [0, 0.1) is 26.6 Å². The Labute approximate surface area is 194 Å². The van der Waals surface area contributed by atoms with Crippen LogP contribution in [0.4, 0.5) is 10.1 Å². The Balaban J connectivity index is 1.74. The second kappa shape index (κ2) is 10.5. The zero-order valence-electron chi connectivity index (χ0n) is 18.8. The van der Waals surface area contributed by atoms with Crippen molar-refractivity contribution in [1.82, 2.24) is 5.32 Å². The first-order chi connectivity index (χ1) is 15.6. The topological polar surface area (TPSA) is 75.7 Å². The first-order valence-electron chi connectivity index (χ1n) is 10.5. The third-order valence-electron chi connectivity index (χ3n) is 4.90. The van der Waals surface area contributed by atoms with Gasteiger partial charge >= 0.3 is 0 Å². The minimum absolute atomic E-state index is 0.111. The Morgan fingerprint density at radius 1 is 0.909 bits per heavy atom. The van der Waals surface area contributed by atoms with Crippen molar-refractivity contribution in [3.63, 3.8) is 0 Å². The molecule has 0 saturated carbocycles. The van der Waals surface area contributed by atoms with E-state index in [0.29, 0.717) is 11.4 Å². The lowest BCUT2D eigenvalue weighted by Gasteiger charge is -2.25. The van der Waals surface area contributed by atoms with Gasteiger partial charge in [0.2, 0.25) is 5.91 Å². The van der Waals surface area contributed by atoms with Crippen LogP contribution in [-0.4, -0.2) is 34.0 Å². The van der Waals surface area contributed by atoms with Crippen molar-refractivity contribution in [3.05, 3.63) is 89.2 Å². The number of nitrogens with zero attached hydrogens (tertiary/aromatic N) is 1. The van der Waals surface area contributed by atoms with Crippen LogP contribution in [0.1, 0.15) is 16.7 Å². The Hall–Kier alpha value is -3.39. The molecule has 0 bridgehead atoms. The molecule has 0 spiro atoms. The number of carbonyl (C=O) groups is 1. The molecule has 0 aliphatic heterocycles. The number of benzene rings is 3. The van der Waals surface area contributed by atoms with Gasteiger partial charge in [0.15, 0.2) is 0 Å². The molecule has 0 aliphatic carbocycles. The van der Waals surface area contributed by atoms with Crippen molar-refractivity contribution < 1.29 is 22.3 Å². The fourth-order valence-electron chi connectivity index (χ4n) is 3.32. The van der Waals surface area contributed by atoms with Crippen molar-refractivity contribution in [1.29, 1.82) is 0 Å². The second-order valence-electron chi connectivity index (χ2n) is 7.82. The molecule has 0 aromatic heterocycles. The molecule has 3 aromatic carbocycles. The van der Waals surface area contributed by atoms with Crippen LogP contribution in [0.15, 0.2) is 71.6 Å². The van der Waals surface area contributed by atoms with Gasteiger partial charge in [-0.2, -0.15) is 0 Å². The van der Waals surface area contributed by atoms with E-state index in [1.807, 2.05) is 26.8 Å². The van der Waals surface area contributed by atoms with Gasteiger partial charge in [-0.1, -0.05) is 23.8 Å². The van der Waals surface area contributed by atoms with Crippen LogP contribution in [0.2, 0.25) is 0 Å². The number of amides is 1. The van der Waals surface area contributed by atoms with Crippen LogP contribution < -0.4 is 14.4 Å². The van der Waals surface area contributed by atoms with Crippen LogP contribution in [0.5, 0.6) is 5.75 Å². The van der Waals surface area contributed by atoms with E-state index in [1.54, 1.807) is 24.3 Å². The first-order valence-corrected chi connectivity index (χ1v) is 11.9. The molecule has 3 aromatic rings. The molecular weight excluding hydrogens is 443 g/mol. The van der Waals surface area contributed by atoms with E-state index in [-0.39, 0.29) is 30.4 Å². The average molecular weight is 471 g/mol. The third kappa shape index (κ3) is 6.55. The van der Waals surface area contributed by atoms with Gasteiger partial charge in [0.05, 0.1) is 17.1 Å². The molecule has 0 aliphatic rings. The molecule has 0 unspecified atom stereocenters. The van der Waals surface area contributed by atoms with Gasteiger partial charge in [-0.25, -0.2) is 12.8 Å². The maximum absolute atomic E-state index is 13.4. The number of sulfonamides is 1. The summed E-state index contributed by atoms with van der Waals surface area (Å²) >= 11 is 0. The van der Waals surface area contributed by atoms with Gasteiger partial charge in [-0.15, -0.1) is 0 Å². The summed E-state index contributed by atoms with van der Waals surface area (Å²) in [5, 5.41) is 2.68. The normalized spacial score (nSPS) is 11.2. The lowest BCUT2D eigenvalue weighted by Crippen LogP contribution is -2.42. The monoisotopic (exact) mass is 470 g/mol. The van der Waals surface area contributed by atoms with E-state index in [4.69, 9.17) is 4.74 Å². The number of ether oxygens (including phenoxy) is 1. The molecule has 1 amide bonds. The van der Waals surface area contributed by atoms with Crippen molar-refractivity contribution >= 4 is 21.6 Å².